The number of ether oxygens (including phenoxy) is 1. The van der Waals surface area contributed by atoms with Gasteiger partial charge in [-0.2, -0.15) is 0 Å². The van der Waals surface area contributed by atoms with Crippen molar-refractivity contribution >= 4 is 17.7 Å². The first kappa shape index (κ1) is 12.7. The van der Waals surface area contributed by atoms with Crippen LogP contribution in [-0.2, 0) is 11.3 Å². The van der Waals surface area contributed by atoms with Gasteiger partial charge in [0.15, 0.2) is 0 Å². The lowest BCUT2D eigenvalue weighted by atomic mass is 10.2. The van der Waals surface area contributed by atoms with Gasteiger partial charge in [0.2, 0.25) is 0 Å². The Balaban J connectivity index is 2.27. The van der Waals surface area contributed by atoms with Gasteiger partial charge in [0.05, 0.1) is 5.02 Å². The summed E-state index contributed by atoms with van der Waals surface area (Å²) in [4.78, 5) is 10.2. The highest BCUT2D eigenvalue weighted by atomic mass is 35.5. The minimum absolute atomic E-state index is 0.0980. The number of hydrogen-bond donors (Lipinski definition) is 2. The van der Waals surface area contributed by atoms with Crippen LogP contribution >= 0.6 is 11.6 Å². The van der Waals surface area contributed by atoms with Gasteiger partial charge in [0.25, 0.3) is 0 Å². The smallest absolute Gasteiger partial charge is 0.404 e. The van der Waals surface area contributed by atoms with Crippen LogP contribution in [0.2, 0.25) is 5.02 Å². The van der Waals surface area contributed by atoms with Crippen molar-refractivity contribution in [2.75, 3.05) is 13.2 Å². The van der Waals surface area contributed by atoms with Gasteiger partial charge < -0.3 is 15.8 Å². The molecule has 16 heavy (non-hydrogen) atoms. The summed E-state index contributed by atoms with van der Waals surface area (Å²) in [7, 11) is 0. The maximum Gasteiger partial charge on any atom is 0.404 e. The number of rotatable bonds is 5. The van der Waals surface area contributed by atoms with Crippen LogP contribution < -0.4 is 11.1 Å². The average Bonchev–Trinajstić information content (AvgIpc) is 2.22. The summed E-state index contributed by atoms with van der Waals surface area (Å²) in [6.45, 7) is 1.11. The quantitative estimate of drug-likeness (QED) is 0.777. The highest BCUT2D eigenvalue weighted by molar-refractivity contribution is 6.30. The molecule has 0 aliphatic heterocycles. The Bertz CT molecular complexity index is 374. The van der Waals surface area contributed by atoms with Gasteiger partial charge in [-0.3, -0.25) is 0 Å². The van der Waals surface area contributed by atoms with Crippen molar-refractivity contribution in [3.05, 3.63) is 34.6 Å². The zero-order valence-electron chi connectivity index (χ0n) is 8.50. The summed E-state index contributed by atoms with van der Waals surface area (Å²) < 4.78 is 17.5. The van der Waals surface area contributed by atoms with Crippen molar-refractivity contribution in [3.8, 4) is 0 Å². The van der Waals surface area contributed by atoms with E-state index in [4.69, 9.17) is 17.3 Å². The third-order valence-corrected chi connectivity index (χ3v) is 2.14. The Morgan fingerprint density at radius 2 is 2.31 bits per heavy atom. The minimum atomic E-state index is -0.806. The van der Waals surface area contributed by atoms with E-state index in [0.29, 0.717) is 13.1 Å². The first-order chi connectivity index (χ1) is 7.59. The van der Waals surface area contributed by atoms with Crippen molar-refractivity contribution < 1.29 is 13.9 Å². The molecule has 0 unspecified atom stereocenters. The highest BCUT2D eigenvalue weighted by Crippen LogP contribution is 2.15. The zero-order chi connectivity index (χ0) is 12.0. The second-order valence-corrected chi connectivity index (χ2v) is 3.50. The maximum atomic E-state index is 13.0. The predicted molar refractivity (Wildman–Crippen MR) is 58.7 cm³/mol. The summed E-state index contributed by atoms with van der Waals surface area (Å²) in [6.07, 6.45) is -0.806. The predicted octanol–water partition coefficient (Wildman–Crippen LogP) is 1.66. The number of hydrogen-bond acceptors (Lipinski definition) is 3. The molecular weight excluding hydrogens is 235 g/mol. The summed E-state index contributed by atoms with van der Waals surface area (Å²) in [5.41, 5.74) is 5.53. The number of nitrogens with one attached hydrogen (secondary N) is 1. The van der Waals surface area contributed by atoms with Gasteiger partial charge in [-0.1, -0.05) is 17.7 Å². The molecule has 0 aliphatic carbocycles. The normalized spacial score (nSPS) is 10.1. The molecule has 0 spiro atoms. The standard InChI is InChI=1S/C10H12ClFN2O2/c11-8-2-1-7(5-9(8)12)6-14-3-4-16-10(13)15/h1-2,5,14H,3-4,6H2,(H2,13,15). The molecule has 1 aromatic rings. The summed E-state index contributed by atoms with van der Waals surface area (Å²) in [5, 5.41) is 3.06. The fraction of sp³-hybridized carbons (Fsp3) is 0.300. The molecule has 0 bridgehead atoms. The van der Waals surface area contributed by atoms with Crippen LogP contribution in [0, 0.1) is 5.82 Å². The molecule has 4 nitrogen and oxygen atoms in total. The van der Waals surface area contributed by atoms with E-state index in [1.165, 1.54) is 12.1 Å². The fourth-order valence-electron chi connectivity index (χ4n) is 1.11. The van der Waals surface area contributed by atoms with E-state index >= 15 is 0 Å². The first-order valence-corrected chi connectivity index (χ1v) is 5.04. The van der Waals surface area contributed by atoms with E-state index in [-0.39, 0.29) is 11.6 Å². The van der Waals surface area contributed by atoms with Crippen LogP contribution in [0.5, 0.6) is 0 Å². The summed E-state index contributed by atoms with van der Waals surface area (Å²) in [6, 6.07) is 4.56. The second kappa shape index (κ2) is 6.30. The molecule has 0 radical (unpaired) electrons. The number of nitrogens with two attached hydrogens (primary N) is 1. The van der Waals surface area contributed by atoms with Gasteiger partial charge in [-0.25, -0.2) is 9.18 Å². The molecule has 0 saturated carbocycles. The molecule has 0 fully saturated rings. The van der Waals surface area contributed by atoms with Crippen LogP contribution in [0.25, 0.3) is 0 Å². The third kappa shape index (κ3) is 4.46. The Hall–Kier alpha value is -1.33. The topological polar surface area (TPSA) is 64.4 Å². The fourth-order valence-corrected chi connectivity index (χ4v) is 1.22. The van der Waals surface area contributed by atoms with Crippen molar-refractivity contribution in [2.24, 2.45) is 5.73 Å². The molecule has 1 aromatic carbocycles. The SMILES string of the molecule is NC(=O)OCCNCc1ccc(Cl)c(F)c1. The molecule has 0 aromatic heterocycles. The maximum absolute atomic E-state index is 13.0. The average molecular weight is 247 g/mol. The lowest BCUT2D eigenvalue weighted by Crippen LogP contribution is -2.23. The molecule has 1 amide bonds. The number of amides is 1. The Labute approximate surface area is 97.5 Å². The van der Waals surface area contributed by atoms with Crippen molar-refractivity contribution in [1.29, 1.82) is 0 Å². The van der Waals surface area contributed by atoms with E-state index in [2.05, 4.69) is 10.1 Å². The Kier molecular flexibility index (Phi) is 5.01. The molecule has 3 N–H and O–H groups in total. The monoisotopic (exact) mass is 246 g/mol. The number of carbonyl (C=O) groups excluding carboxylic acids is 1. The highest BCUT2D eigenvalue weighted by Gasteiger charge is 2.00. The Morgan fingerprint density at radius 1 is 1.56 bits per heavy atom. The molecule has 88 valence electrons. The molecule has 0 aliphatic rings. The molecule has 0 heterocycles. The van der Waals surface area contributed by atoms with Crippen molar-refractivity contribution in [1.82, 2.24) is 5.32 Å². The molecule has 1 rings (SSSR count). The third-order valence-electron chi connectivity index (χ3n) is 1.84. The van der Waals surface area contributed by atoms with Crippen molar-refractivity contribution in [3.63, 3.8) is 0 Å². The number of halogens is 2. The number of primary amides is 1. The number of carbonyl (C=O) groups is 1. The van der Waals surface area contributed by atoms with Crippen LogP contribution in [0.1, 0.15) is 5.56 Å². The molecular formula is C10H12ClFN2O2. The minimum Gasteiger partial charge on any atom is -0.448 e. The van der Waals surface area contributed by atoms with Crippen molar-refractivity contribution in [2.45, 2.75) is 6.54 Å². The number of benzene rings is 1. The van der Waals surface area contributed by atoms with E-state index in [0.717, 1.165) is 5.56 Å². The lowest BCUT2D eigenvalue weighted by molar-refractivity contribution is 0.157. The van der Waals surface area contributed by atoms with E-state index in [9.17, 15) is 9.18 Å². The van der Waals surface area contributed by atoms with Crippen LogP contribution in [-0.4, -0.2) is 19.2 Å². The first-order valence-electron chi connectivity index (χ1n) is 4.66. The second-order valence-electron chi connectivity index (χ2n) is 3.09. The van der Waals surface area contributed by atoms with E-state index in [1.807, 2.05) is 0 Å². The summed E-state index contributed by atoms with van der Waals surface area (Å²) in [5.74, 6) is -0.450. The zero-order valence-corrected chi connectivity index (χ0v) is 9.26. The van der Waals surface area contributed by atoms with Crippen LogP contribution in [0.4, 0.5) is 9.18 Å². The van der Waals surface area contributed by atoms with Gasteiger partial charge >= 0.3 is 6.09 Å². The van der Waals surface area contributed by atoms with Crippen LogP contribution in [0.3, 0.4) is 0 Å². The molecule has 6 heteroatoms. The summed E-state index contributed by atoms with van der Waals surface area (Å²) >= 11 is 5.53. The lowest BCUT2D eigenvalue weighted by Gasteiger charge is -2.05. The van der Waals surface area contributed by atoms with Crippen LogP contribution in [0.15, 0.2) is 18.2 Å². The van der Waals surface area contributed by atoms with E-state index in [1.54, 1.807) is 6.07 Å². The van der Waals surface area contributed by atoms with E-state index < -0.39 is 11.9 Å². The van der Waals surface area contributed by atoms with Gasteiger partial charge in [0.1, 0.15) is 12.4 Å². The largest absolute Gasteiger partial charge is 0.448 e. The van der Waals surface area contributed by atoms with Gasteiger partial charge in [0, 0.05) is 13.1 Å². The molecule has 0 saturated heterocycles. The van der Waals surface area contributed by atoms with Gasteiger partial charge in [-0.05, 0) is 17.7 Å². The Morgan fingerprint density at radius 3 is 2.94 bits per heavy atom. The van der Waals surface area contributed by atoms with Gasteiger partial charge in [-0.15, -0.1) is 0 Å². The molecule has 0 atom stereocenters.